The second-order valence-electron chi connectivity index (χ2n) is 4.57. The lowest BCUT2D eigenvalue weighted by atomic mass is 10.2. The van der Waals surface area contributed by atoms with Gasteiger partial charge in [-0.05, 0) is 30.7 Å². The molecule has 1 aliphatic rings. The first kappa shape index (κ1) is 13.7. The van der Waals surface area contributed by atoms with Crippen LogP contribution in [0.2, 0.25) is 0 Å². The molecule has 6 nitrogen and oxygen atoms in total. The number of hydrogen-bond acceptors (Lipinski definition) is 5. The monoisotopic (exact) mass is 284 g/mol. The van der Waals surface area contributed by atoms with Crippen LogP contribution in [-0.2, 0) is 14.6 Å². The topological polar surface area (TPSA) is 95.5 Å². The van der Waals surface area contributed by atoms with E-state index in [-0.39, 0.29) is 35.7 Å². The standard InChI is InChI=1S/C12H16N2O4S/c15-11-3-1-9(2-4-11)13-7-12(16)14-10-5-6-19(17,18)8-10/h1-4,10,13,15H,5-8H2,(H,14,16)/t10-/m1/s1. The van der Waals surface area contributed by atoms with Gasteiger partial charge in [0, 0.05) is 11.7 Å². The van der Waals surface area contributed by atoms with E-state index in [0.717, 1.165) is 0 Å². The Balaban J connectivity index is 1.77. The third-order valence-electron chi connectivity index (χ3n) is 2.92. The van der Waals surface area contributed by atoms with Gasteiger partial charge in [0.2, 0.25) is 5.91 Å². The van der Waals surface area contributed by atoms with Crippen LogP contribution in [0.25, 0.3) is 0 Å². The van der Waals surface area contributed by atoms with E-state index < -0.39 is 9.84 Å². The summed E-state index contributed by atoms with van der Waals surface area (Å²) in [5.74, 6) is 0.0858. The molecule has 0 aromatic heterocycles. The van der Waals surface area contributed by atoms with Crippen LogP contribution in [0.1, 0.15) is 6.42 Å². The van der Waals surface area contributed by atoms with Gasteiger partial charge in [-0.2, -0.15) is 0 Å². The van der Waals surface area contributed by atoms with Crippen LogP contribution in [0, 0.1) is 0 Å². The van der Waals surface area contributed by atoms with Crippen LogP contribution in [0.3, 0.4) is 0 Å². The van der Waals surface area contributed by atoms with E-state index in [1.807, 2.05) is 0 Å². The molecule has 0 unspecified atom stereocenters. The van der Waals surface area contributed by atoms with Gasteiger partial charge in [0.25, 0.3) is 0 Å². The van der Waals surface area contributed by atoms with Crippen molar-refractivity contribution in [2.75, 3.05) is 23.4 Å². The highest BCUT2D eigenvalue weighted by Crippen LogP contribution is 2.13. The molecule has 7 heteroatoms. The summed E-state index contributed by atoms with van der Waals surface area (Å²) in [6, 6.07) is 6.07. The smallest absolute Gasteiger partial charge is 0.239 e. The molecular formula is C12H16N2O4S. The maximum absolute atomic E-state index is 11.6. The minimum absolute atomic E-state index is 0.0257. The maximum Gasteiger partial charge on any atom is 0.239 e. The fraction of sp³-hybridized carbons (Fsp3) is 0.417. The van der Waals surface area contributed by atoms with Crippen molar-refractivity contribution in [1.82, 2.24) is 5.32 Å². The molecule has 1 aromatic carbocycles. The lowest BCUT2D eigenvalue weighted by Gasteiger charge is -2.11. The molecule has 1 fully saturated rings. The van der Waals surface area contributed by atoms with Crippen molar-refractivity contribution in [1.29, 1.82) is 0 Å². The number of anilines is 1. The average Bonchev–Trinajstić information content (AvgIpc) is 2.68. The largest absolute Gasteiger partial charge is 0.508 e. The molecule has 1 aromatic rings. The van der Waals surface area contributed by atoms with Crippen LogP contribution >= 0.6 is 0 Å². The van der Waals surface area contributed by atoms with Crippen LogP contribution in [0.4, 0.5) is 5.69 Å². The zero-order valence-corrected chi connectivity index (χ0v) is 11.1. The highest BCUT2D eigenvalue weighted by Gasteiger charge is 2.28. The molecule has 0 radical (unpaired) electrons. The van der Waals surface area contributed by atoms with Crippen LogP contribution in [-0.4, -0.2) is 43.5 Å². The van der Waals surface area contributed by atoms with E-state index in [4.69, 9.17) is 5.11 Å². The van der Waals surface area contributed by atoms with Crippen molar-refractivity contribution >= 4 is 21.4 Å². The number of sulfone groups is 1. The van der Waals surface area contributed by atoms with Crippen LogP contribution in [0.15, 0.2) is 24.3 Å². The highest BCUT2D eigenvalue weighted by molar-refractivity contribution is 7.91. The van der Waals surface area contributed by atoms with Gasteiger partial charge in [-0.1, -0.05) is 0 Å². The third kappa shape index (κ3) is 4.13. The second-order valence-corrected chi connectivity index (χ2v) is 6.80. The number of benzene rings is 1. The summed E-state index contributed by atoms with van der Waals surface area (Å²) < 4.78 is 22.5. The van der Waals surface area contributed by atoms with E-state index in [1.54, 1.807) is 12.1 Å². The van der Waals surface area contributed by atoms with Crippen molar-refractivity contribution in [2.45, 2.75) is 12.5 Å². The predicted octanol–water partition coefficient (Wildman–Crippen LogP) is 0.107. The first-order chi connectivity index (χ1) is 8.94. The number of rotatable bonds is 4. The molecule has 1 aliphatic heterocycles. The van der Waals surface area contributed by atoms with Gasteiger partial charge >= 0.3 is 0 Å². The van der Waals surface area contributed by atoms with Crippen molar-refractivity contribution in [3.8, 4) is 5.75 Å². The van der Waals surface area contributed by atoms with Crippen LogP contribution < -0.4 is 10.6 Å². The SMILES string of the molecule is O=C(CNc1ccc(O)cc1)N[C@@H]1CCS(=O)(=O)C1. The summed E-state index contributed by atoms with van der Waals surface area (Å²) in [5, 5.41) is 14.7. The second kappa shape index (κ2) is 5.48. The maximum atomic E-state index is 11.6. The zero-order valence-electron chi connectivity index (χ0n) is 10.3. The van der Waals surface area contributed by atoms with E-state index >= 15 is 0 Å². The molecule has 1 saturated heterocycles. The van der Waals surface area contributed by atoms with Crippen molar-refractivity contribution in [3.05, 3.63) is 24.3 Å². The van der Waals surface area contributed by atoms with E-state index in [1.165, 1.54) is 12.1 Å². The first-order valence-electron chi connectivity index (χ1n) is 5.97. The van der Waals surface area contributed by atoms with Crippen molar-refractivity contribution in [3.63, 3.8) is 0 Å². The molecule has 1 atom stereocenters. The quantitative estimate of drug-likeness (QED) is 0.682. The number of carbonyl (C=O) groups excluding carboxylic acids is 1. The number of nitrogens with one attached hydrogen (secondary N) is 2. The molecule has 2 rings (SSSR count). The molecular weight excluding hydrogens is 268 g/mol. The predicted molar refractivity (Wildman–Crippen MR) is 71.8 cm³/mol. The van der Waals surface area contributed by atoms with Gasteiger partial charge < -0.3 is 15.7 Å². The third-order valence-corrected chi connectivity index (χ3v) is 4.69. The molecule has 104 valence electrons. The Morgan fingerprint density at radius 2 is 2.00 bits per heavy atom. The molecule has 1 amide bonds. The lowest BCUT2D eigenvalue weighted by Crippen LogP contribution is -2.39. The van der Waals surface area contributed by atoms with Gasteiger partial charge in [-0.25, -0.2) is 8.42 Å². The van der Waals surface area contributed by atoms with E-state index in [9.17, 15) is 13.2 Å². The molecule has 0 aliphatic carbocycles. The van der Waals surface area contributed by atoms with Gasteiger partial charge in [-0.3, -0.25) is 4.79 Å². The Morgan fingerprint density at radius 1 is 1.32 bits per heavy atom. The normalized spacial score (nSPS) is 20.9. The van der Waals surface area contributed by atoms with Gasteiger partial charge in [0.1, 0.15) is 5.75 Å². The Morgan fingerprint density at radius 3 is 2.58 bits per heavy atom. The number of carbonyl (C=O) groups is 1. The number of amides is 1. The number of hydrogen-bond donors (Lipinski definition) is 3. The van der Waals surface area contributed by atoms with E-state index in [0.29, 0.717) is 12.1 Å². The van der Waals surface area contributed by atoms with E-state index in [2.05, 4.69) is 10.6 Å². The summed E-state index contributed by atoms with van der Waals surface area (Å²) in [4.78, 5) is 11.6. The lowest BCUT2D eigenvalue weighted by molar-refractivity contribution is -0.119. The summed E-state index contributed by atoms with van der Waals surface area (Å²) in [6.07, 6.45) is 0.479. The first-order valence-corrected chi connectivity index (χ1v) is 7.79. The number of phenols is 1. The summed E-state index contributed by atoms with van der Waals surface area (Å²) >= 11 is 0. The molecule has 3 N–H and O–H groups in total. The van der Waals surface area contributed by atoms with Crippen molar-refractivity contribution < 1.29 is 18.3 Å². The molecule has 0 saturated carbocycles. The summed E-state index contributed by atoms with van der Waals surface area (Å²) in [7, 11) is -2.98. The highest BCUT2D eigenvalue weighted by atomic mass is 32.2. The average molecular weight is 284 g/mol. The van der Waals surface area contributed by atoms with Crippen LogP contribution in [0.5, 0.6) is 5.75 Å². The Bertz CT molecular complexity index is 554. The fourth-order valence-electron chi connectivity index (χ4n) is 1.95. The molecule has 0 spiro atoms. The molecule has 0 bridgehead atoms. The molecule has 1 heterocycles. The Hall–Kier alpha value is -1.76. The summed E-state index contributed by atoms with van der Waals surface area (Å²) in [5.41, 5.74) is 0.715. The van der Waals surface area contributed by atoms with Gasteiger partial charge in [0.15, 0.2) is 9.84 Å². The number of aromatic hydroxyl groups is 1. The van der Waals surface area contributed by atoms with Gasteiger partial charge in [-0.15, -0.1) is 0 Å². The zero-order chi connectivity index (χ0) is 13.9. The Labute approximate surface area is 111 Å². The minimum Gasteiger partial charge on any atom is -0.508 e. The summed E-state index contributed by atoms with van der Waals surface area (Å²) in [6.45, 7) is 0.0708. The number of phenolic OH excluding ortho intramolecular Hbond substituents is 1. The van der Waals surface area contributed by atoms with Gasteiger partial charge in [0.05, 0.1) is 18.1 Å². The molecule has 19 heavy (non-hydrogen) atoms. The van der Waals surface area contributed by atoms with Crippen molar-refractivity contribution in [2.24, 2.45) is 0 Å². The minimum atomic E-state index is -2.98. The Kier molecular flexibility index (Phi) is 3.94. The fourth-order valence-corrected chi connectivity index (χ4v) is 3.62.